The van der Waals surface area contributed by atoms with Crippen molar-refractivity contribution in [2.75, 3.05) is 13.7 Å². The summed E-state index contributed by atoms with van der Waals surface area (Å²) in [6, 6.07) is 7.76. The van der Waals surface area contributed by atoms with Crippen LogP contribution in [0.5, 0.6) is 0 Å². The molecule has 118 valence electrons. The minimum absolute atomic E-state index is 0.157. The molecule has 1 N–H and O–H groups in total. The lowest BCUT2D eigenvalue weighted by molar-refractivity contribution is -0.137. The molecule has 1 unspecified atom stereocenters. The van der Waals surface area contributed by atoms with Crippen LogP contribution in [0.25, 0.3) is 0 Å². The molecule has 0 fully saturated rings. The van der Waals surface area contributed by atoms with E-state index < -0.39 is 11.7 Å². The molecule has 0 bridgehead atoms. The second kappa shape index (κ2) is 7.33. The molecule has 0 aliphatic heterocycles. The number of methoxy groups -OCH3 is 1. The third-order valence-corrected chi connectivity index (χ3v) is 3.06. The lowest BCUT2D eigenvalue weighted by atomic mass is 10.2. The average Bonchev–Trinajstić information content (AvgIpc) is 2.52. The molecule has 2 rings (SSSR count). The van der Waals surface area contributed by atoms with Gasteiger partial charge in [-0.15, -0.1) is 0 Å². The van der Waals surface area contributed by atoms with Crippen molar-refractivity contribution in [3.63, 3.8) is 0 Å². The average molecular weight is 311 g/mol. The Hall–Kier alpha value is -1.99. The van der Waals surface area contributed by atoms with Crippen molar-refractivity contribution in [3.8, 4) is 0 Å². The predicted octanol–water partition coefficient (Wildman–Crippen LogP) is 2.97. The molecular formula is C15H16F3N3O. The van der Waals surface area contributed by atoms with Crippen molar-refractivity contribution in [2.24, 2.45) is 0 Å². The molecule has 7 heteroatoms. The van der Waals surface area contributed by atoms with Gasteiger partial charge >= 0.3 is 6.18 Å². The van der Waals surface area contributed by atoms with Crippen LogP contribution in [0.15, 0.2) is 42.7 Å². The minimum Gasteiger partial charge on any atom is -0.383 e. The fourth-order valence-corrected chi connectivity index (χ4v) is 1.92. The Labute approximate surface area is 126 Å². The number of halogens is 3. The number of nitrogens with one attached hydrogen (secondary N) is 1. The molecule has 22 heavy (non-hydrogen) atoms. The first-order valence-corrected chi connectivity index (χ1v) is 6.66. The molecule has 0 saturated heterocycles. The maximum absolute atomic E-state index is 12.5. The summed E-state index contributed by atoms with van der Waals surface area (Å²) >= 11 is 0. The molecule has 0 aromatic carbocycles. The van der Waals surface area contributed by atoms with E-state index in [2.05, 4.69) is 15.3 Å². The Morgan fingerprint density at radius 2 is 2.00 bits per heavy atom. The smallest absolute Gasteiger partial charge is 0.383 e. The van der Waals surface area contributed by atoms with Crippen LogP contribution in [0.1, 0.15) is 23.0 Å². The third kappa shape index (κ3) is 4.51. The Kier molecular flexibility index (Phi) is 5.46. The largest absolute Gasteiger partial charge is 0.417 e. The molecule has 0 radical (unpaired) electrons. The zero-order chi connectivity index (χ0) is 16.0. The van der Waals surface area contributed by atoms with Gasteiger partial charge in [0.15, 0.2) is 0 Å². The Morgan fingerprint density at radius 3 is 2.55 bits per heavy atom. The van der Waals surface area contributed by atoms with E-state index in [9.17, 15) is 13.2 Å². The number of nitrogens with zero attached hydrogens (tertiary/aromatic N) is 2. The van der Waals surface area contributed by atoms with Gasteiger partial charge in [0.05, 0.1) is 29.6 Å². The number of hydrogen-bond acceptors (Lipinski definition) is 4. The summed E-state index contributed by atoms with van der Waals surface area (Å²) in [6.07, 6.45) is -1.86. The molecule has 0 spiro atoms. The van der Waals surface area contributed by atoms with E-state index in [1.54, 1.807) is 13.3 Å². The van der Waals surface area contributed by atoms with Crippen LogP contribution >= 0.6 is 0 Å². The van der Waals surface area contributed by atoms with Gasteiger partial charge in [0.25, 0.3) is 0 Å². The first-order valence-electron chi connectivity index (χ1n) is 6.66. The highest BCUT2D eigenvalue weighted by Crippen LogP contribution is 2.28. The Balaban J connectivity index is 2.01. The number of rotatable bonds is 6. The number of pyridine rings is 2. The summed E-state index contributed by atoms with van der Waals surface area (Å²) in [6.45, 7) is 0.723. The highest BCUT2D eigenvalue weighted by Gasteiger charge is 2.30. The summed E-state index contributed by atoms with van der Waals surface area (Å²) < 4.78 is 42.6. The fourth-order valence-electron chi connectivity index (χ4n) is 1.92. The topological polar surface area (TPSA) is 47.0 Å². The number of alkyl halides is 3. The van der Waals surface area contributed by atoms with Crippen LogP contribution in [0, 0.1) is 0 Å². The first-order chi connectivity index (χ1) is 10.5. The molecule has 1 atom stereocenters. The SMILES string of the molecule is COCC(NCc1ccc(C(F)(F)F)cn1)c1ccccn1. The van der Waals surface area contributed by atoms with Gasteiger partial charge in [-0.1, -0.05) is 6.07 Å². The molecule has 4 nitrogen and oxygen atoms in total. The lowest BCUT2D eigenvalue weighted by Crippen LogP contribution is -2.26. The van der Waals surface area contributed by atoms with E-state index in [-0.39, 0.29) is 6.04 Å². The molecule has 0 aliphatic rings. The summed E-state index contributed by atoms with van der Waals surface area (Å²) in [4.78, 5) is 8.07. The van der Waals surface area contributed by atoms with Gasteiger partial charge in [-0.25, -0.2) is 0 Å². The normalized spacial score (nSPS) is 13.1. The highest BCUT2D eigenvalue weighted by atomic mass is 19.4. The van der Waals surface area contributed by atoms with Gasteiger partial charge in [0.1, 0.15) is 0 Å². The van der Waals surface area contributed by atoms with Gasteiger partial charge in [-0.2, -0.15) is 13.2 Å². The maximum Gasteiger partial charge on any atom is 0.417 e. The zero-order valence-electron chi connectivity index (χ0n) is 12.0. The molecule has 2 aromatic heterocycles. The van der Waals surface area contributed by atoms with Crippen molar-refractivity contribution in [1.82, 2.24) is 15.3 Å². The van der Waals surface area contributed by atoms with E-state index in [0.717, 1.165) is 18.0 Å². The van der Waals surface area contributed by atoms with E-state index in [0.29, 0.717) is 18.8 Å². The van der Waals surface area contributed by atoms with Gasteiger partial charge < -0.3 is 10.1 Å². The van der Waals surface area contributed by atoms with Crippen LogP contribution in [-0.4, -0.2) is 23.7 Å². The van der Waals surface area contributed by atoms with Crippen molar-refractivity contribution in [1.29, 1.82) is 0 Å². The summed E-state index contributed by atoms with van der Waals surface area (Å²) in [5.41, 5.74) is 0.565. The van der Waals surface area contributed by atoms with Gasteiger partial charge in [-0.3, -0.25) is 9.97 Å². The van der Waals surface area contributed by atoms with Gasteiger partial charge in [-0.05, 0) is 24.3 Å². The number of ether oxygens (including phenoxy) is 1. The van der Waals surface area contributed by atoms with Crippen LogP contribution in [0.4, 0.5) is 13.2 Å². The van der Waals surface area contributed by atoms with E-state index in [1.165, 1.54) is 6.07 Å². The third-order valence-electron chi connectivity index (χ3n) is 3.06. The van der Waals surface area contributed by atoms with Crippen LogP contribution in [0.2, 0.25) is 0 Å². The maximum atomic E-state index is 12.5. The summed E-state index contributed by atoms with van der Waals surface area (Å²) in [5, 5.41) is 3.18. The zero-order valence-corrected chi connectivity index (χ0v) is 12.0. The highest BCUT2D eigenvalue weighted by molar-refractivity contribution is 5.17. The van der Waals surface area contributed by atoms with E-state index >= 15 is 0 Å². The standard InChI is InChI=1S/C15H16F3N3O/c1-22-10-14(13-4-2-3-7-19-13)21-9-12-6-5-11(8-20-12)15(16,17)18/h2-8,14,21H,9-10H2,1H3. The van der Waals surface area contributed by atoms with Crippen molar-refractivity contribution in [3.05, 3.63) is 59.7 Å². The van der Waals surface area contributed by atoms with Crippen molar-refractivity contribution < 1.29 is 17.9 Å². The van der Waals surface area contributed by atoms with Gasteiger partial charge in [0.2, 0.25) is 0 Å². The molecule has 2 aromatic rings. The quantitative estimate of drug-likeness (QED) is 0.891. The Morgan fingerprint density at radius 1 is 1.18 bits per heavy atom. The van der Waals surface area contributed by atoms with Crippen LogP contribution in [-0.2, 0) is 17.5 Å². The minimum atomic E-state index is -4.37. The molecule has 0 aliphatic carbocycles. The summed E-state index contributed by atoms with van der Waals surface area (Å²) in [7, 11) is 1.58. The summed E-state index contributed by atoms with van der Waals surface area (Å²) in [5.74, 6) is 0. The van der Waals surface area contributed by atoms with Crippen LogP contribution < -0.4 is 5.32 Å². The van der Waals surface area contributed by atoms with E-state index in [4.69, 9.17) is 4.74 Å². The molecule has 2 heterocycles. The van der Waals surface area contributed by atoms with Crippen LogP contribution in [0.3, 0.4) is 0 Å². The van der Waals surface area contributed by atoms with Gasteiger partial charge in [0, 0.05) is 26.0 Å². The van der Waals surface area contributed by atoms with Crippen molar-refractivity contribution in [2.45, 2.75) is 18.8 Å². The molecular weight excluding hydrogens is 295 g/mol. The molecule has 0 amide bonds. The monoisotopic (exact) mass is 311 g/mol. The van der Waals surface area contributed by atoms with Crippen molar-refractivity contribution >= 4 is 0 Å². The van der Waals surface area contributed by atoms with E-state index in [1.807, 2.05) is 18.2 Å². The predicted molar refractivity (Wildman–Crippen MR) is 74.9 cm³/mol. The second-order valence-corrected chi connectivity index (χ2v) is 4.68. The Bertz CT molecular complexity index is 573. The fraction of sp³-hybridized carbons (Fsp3) is 0.333. The lowest BCUT2D eigenvalue weighted by Gasteiger charge is -2.17. The number of hydrogen-bond donors (Lipinski definition) is 1. The second-order valence-electron chi connectivity index (χ2n) is 4.68. The number of aromatic nitrogens is 2. The molecule has 0 saturated carbocycles. The first kappa shape index (κ1) is 16.4.